The predicted molar refractivity (Wildman–Crippen MR) is 83.9 cm³/mol. The van der Waals surface area contributed by atoms with Crippen molar-refractivity contribution in [3.05, 3.63) is 24.3 Å². The first-order chi connectivity index (χ1) is 9.38. The van der Waals surface area contributed by atoms with Crippen molar-refractivity contribution in [2.45, 2.75) is 39.7 Å². The highest BCUT2D eigenvalue weighted by molar-refractivity contribution is 5.95. The summed E-state index contributed by atoms with van der Waals surface area (Å²) in [4.78, 5) is 14.4. The van der Waals surface area contributed by atoms with Crippen LogP contribution in [0.25, 0.3) is 0 Å². The maximum atomic E-state index is 12.1. The molecular formula is C16H25N3O. The predicted octanol–water partition coefficient (Wildman–Crippen LogP) is 2.60. The molecule has 0 spiro atoms. The van der Waals surface area contributed by atoms with Crippen molar-refractivity contribution in [3.8, 4) is 0 Å². The van der Waals surface area contributed by atoms with Crippen LogP contribution in [-0.4, -0.2) is 25.0 Å². The molecule has 1 aliphatic heterocycles. The molecule has 0 bridgehead atoms. The van der Waals surface area contributed by atoms with Crippen LogP contribution < -0.4 is 16.0 Å². The second-order valence-electron chi connectivity index (χ2n) is 6.57. The highest BCUT2D eigenvalue weighted by Crippen LogP contribution is 2.23. The molecule has 1 saturated heterocycles. The van der Waals surface area contributed by atoms with E-state index >= 15 is 0 Å². The monoisotopic (exact) mass is 275 g/mol. The first-order valence-corrected chi connectivity index (χ1v) is 7.29. The van der Waals surface area contributed by atoms with Gasteiger partial charge in [-0.2, -0.15) is 0 Å². The summed E-state index contributed by atoms with van der Waals surface area (Å²) in [7, 11) is 0. The molecule has 20 heavy (non-hydrogen) atoms. The van der Waals surface area contributed by atoms with Crippen LogP contribution in [0.3, 0.4) is 0 Å². The van der Waals surface area contributed by atoms with Crippen molar-refractivity contribution in [3.63, 3.8) is 0 Å². The third kappa shape index (κ3) is 3.51. The minimum atomic E-state index is -0.513. The molecule has 1 aromatic rings. The quantitative estimate of drug-likeness (QED) is 0.891. The Morgan fingerprint density at radius 3 is 2.25 bits per heavy atom. The molecule has 0 aliphatic carbocycles. The van der Waals surface area contributed by atoms with Gasteiger partial charge < -0.3 is 16.0 Å². The van der Waals surface area contributed by atoms with Crippen molar-refractivity contribution >= 4 is 17.3 Å². The summed E-state index contributed by atoms with van der Waals surface area (Å²) in [6.45, 7) is 8.15. The van der Waals surface area contributed by atoms with Crippen molar-refractivity contribution in [2.75, 3.05) is 23.3 Å². The van der Waals surface area contributed by atoms with E-state index in [2.05, 4.69) is 22.3 Å². The molecule has 1 aromatic carbocycles. The summed E-state index contributed by atoms with van der Waals surface area (Å²) in [6.07, 6.45) is 2.53. The van der Waals surface area contributed by atoms with Crippen LogP contribution in [0.15, 0.2) is 24.3 Å². The second kappa shape index (κ2) is 5.83. The van der Waals surface area contributed by atoms with Gasteiger partial charge in [0, 0.05) is 24.5 Å². The topological polar surface area (TPSA) is 58.4 Å². The zero-order valence-electron chi connectivity index (χ0n) is 12.6. The van der Waals surface area contributed by atoms with Crippen LogP contribution in [0, 0.1) is 5.41 Å². The number of amides is 1. The van der Waals surface area contributed by atoms with Crippen molar-refractivity contribution in [1.29, 1.82) is 0 Å². The van der Waals surface area contributed by atoms with Gasteiger partial charge in [-0.1, -0.05) is 20.8 Å². The van der Waals surface area contributed by atoms with Gasteiger partial charge in [0.15, 0.2) is 0 Å². The van der Waals surface area contributed by atoms with Gasteiger partial charge in [-0.05, 0) is 42.5 Å². The molecule has 1 amide bonds. The maximum Gasteiger partial charge on any atom is 0.241 e. The average molecular weight is 275 g/mol. The molecule has 0 saturated carbocycles. The molecule has 2 rings (SSSR count). The van der Waals surface area contributed by atoms with E-state index in [0.717, 1.165) is 18.8 Å². The van der Waals surface area contributed by atoms with Crippen molar-refractivity contribution in [2.24, 2.45) is 11.1 Å². The standard InChI is InChI=1S/C16H25N3O/c1-16(2,3)14(17)15(20)18-12-6-8-13(9-7-12)19-10-4-5-11-19/h6-9,14H,4-5,10-11,17H2,1-3H3,(H,18,20)/t14-/m0/s1. The third-order valence-electron chi connectivity index (χ3n) is 3.82. The smallest absolute Gasteiger partial charge is 0.241 e. The molecule has 0 unspecified atom stereocenters. The number of hydrogen-bond acceptors (Lipinski definition) is 3. The Morgan fingerprint density at radius 1 is 1.20 bits per heavy atom. The molecular weight excluding hydrogens is 250 g/mol. The van der Waals surface area contributed by atoms with Crippen LogP contribution in [0.1, 0.15) is 33.6 Å². The number of rotatable bonds is 3. The number of benzene rings is 1. The van der Waals surface area contributed by atoms with Gasteiger partial charge in [0.25, 0.3) is 0 Å². The number of carbonyl (C=O) groups excluding carboxylic acids is 1. The van der Waals surface area contributed by atoms with Crippen molar-refractivity contribution < 1.29 is 4.79 Å². The normalized spacial score (nSPS) is 17.1. The Labute approximate surface area is 121 Å². The van der Waals surface area contributed by atoms with Gasteiger partial charge in [0.2, 0.25) is 5.91 Å². The van der Waals surface area contributed by atoms with Gasteiger partial charge >= 0.3 is 0 Å². The second-order valence-corrected chi connectivity index (χ2v) is 6.57. The first-order valence-electron chi connectivity index (χ1n) is 7.29. The van der Waals surface area contributed by atoms with Gasteiger partial charge in [-0.3, -0.25) is 4.79 Å². The lowest BCUT2D eigenvalue weighted by molar-refractivity contribution is -0.119. The number of nitrogens with two attached hydrogens (primary N) is 1. The molecule has 0 radical (unpaired) electrons. The molecule has 1 atom stereocenters. The van der Waals surface area contributed by atoms with Gasteiger partial charge in [0.1, 0.15) is 0 Å². The van der Waals surface area contributed by atoms with E-state index in [0.29, 0.717) is 0 Å². The maximum absolute atomic E-state index is 12.1. The number of carbonyl (C=O) groups is 1. The molecule has 1 heterocycles. The van der Waals surface area contributed by atoms with Gasteiger partial charge in [0.05, 0.1) is 6.04 Å². The fraction of sp³-hybridized carbons (Fsp3) is 0.562. The van der Waals surface area contributed by atoms with E-state index in [1.165, 1.54) is 18.5 Å². The molecule has 4 nitrogen and oxygen atoms in total. The van der Waals surface area contributed by atoms with Crippen LogP contribution in [0.2, 0.25) is 0 Å². The zero-order valence-corrected chi connectivity index (χ0v) is 12.6. The van der Waals surface area contributed by atoms with E-state index in [1.54, 1.807) is 0 Å². The number of hydrogen-bond donors (Lipinski definition) is 2. The Bertz CT molecular complexity index is 456. The Balaban J connectivity index is 1.98. The highest BCUT2D eigenvalue weighted by Gasteiger charge is 2.27. The lowest BCUT2D eigenvalue weighted by Crippen LogP contribution is -2.45. The minimum absolute atomic E-state index is 0.133. The third-order valence-corrected chi connectivity index (χ3v) is 3.82. The molecule has 4 heteroatoms. The number of nitrogens with zero attached hydrogens (tertiary/aromatic N) is 1. The Hall–Kier alpha value is -1.55. The highest BCUT2D eigenvalue weighted by atomic mass is 16.2. The largest absolute Gasteiger partial charge is 0.372 e. The van der Waals surface area contributed by atoms with Crippen LogP contribution in [0.5, 0.6) is 0 Å². The van der Waals surface area contributed by atoms with E-state index in [9.17, 15) is 4.79 Å². The summed E-state index contributed by atoms with van der Waals surface area (Å²) in [5, 5.41) is 2.88. The summed E-state index contributed by atoms with van der Waals surface area (Å²) >= 11 is 0. The molecule has 1 aliphatic rings. The van der Waals surface area contributed by atoms with E-state index in [4.69, 9.17) is 5.73 Å². The first kappa shape index (κ1) is 14.9. The summed E-state index contributed by atoms with van der Waals surface area (Å²) in [5.74, 6) is -0.133. The molecule has 0 aromatic heterocycles. The van der Waals surface area contributed by atoms with E-state index in [1.807, 2.05) is 32.9 Å². The summed E-state index contributed by atoms with van der Waals surface area (Å²) < 4.78 is 0. The van der Waals surface area contributed by atoms with Gasteiger partial charge in [-0.15, -0.1) is 0 Å². The van der Waals surface area contributed by atoms with E-state index in [-0.39, 0.29) is 11.3 Å². The molecule has 1 fully saturated rings. The van der Waals surface area contributed by atoms with Crippen LogP contribution >= 0.6 is 0 Å². The summed E-state index contributed by atoms with van der Waals surface area (Å²) in [5.41, 5.74) is 7.74. The lowest BCUT2D eigenvalue weighted by atomic mass is 9.87. The zero-order chi connectivity index (χ0) is 14.8. The fourth-order valence-electron chi connectivity index (χ4n) is 2.34. The van der Waals surface area contributed by atoms with E-state index < -0.39 is 6.04 Å². The average Bonchev–Trinajstić information content (AvgIpc) is 2.91. The lowest BCUT2D eigenvalue weighted by Gasteiger charge is -2.26. The number of anilines is 2. The van der Waals surface area contributed by atoms with Crippen LogP contribution in [0.4, 0.5) is 11.4 Å². The van der Waals surface area contributed by atoms with Gasteiger partial charge in [-0.25, -0.2) is 0 Å². The summed E-state index contributed by atoms with van der Waals surface area (Å²) in [6, 6.07) is 7.50. The minimum Gasteiger partial charge on any atom is -0.372 e. The fourth-order valence-corrected chi connectivity index (χ4v) is 2.34. The number of nitrogens with one attached hydrogen (secondary N) is 1. The molecule has 3 N–H and O–H groups in total. The Morgan fingerprint density at radius 2 is 1.75 bits per heavy atom. The Kier molecular flexibility index (Phi) is 4.33. The molecule has 110 valence electrons. The van der Waals surface area contributed by atoms with Crippen LogP contribution in [-0.2, 0) is 4.79 Å². The van der Waals surface area contributed by atoms with Crippen molar-refractivity contribution in [1.82, 2.24) is 0 Å². The SMILES string of the molecule is CC(C)(C)[C@@H](N)C(=O)Nc1ccc(N2CCCC2)cc1.